The molecule has 3 aromatic carbocycles. The van der Waals surface area contributed by atoms with Crippen LogP contribution in [0.25, 0.3) is 10.6 Å². The molecule has 266 valence electrons. The van der Waals surface area contributed by atoms with Crippen molar-refractivity contribution in [3.63, 3.8) is 0 Å². The van der Waals surface area contributed by atoms with E-state index in [0.29, 0.717) is 60.4 Å². The standard InChI is InChI=1S/C37H41F3N4O4S2/c1-6-47-36(46)25(3)48-32-16-15-30(21-24(32)2)49-23-33-31(41-34(50-33)26-7-11-28(12-8-26)37(38,39)40)22-43-17-19-44(20-18-43)35(45)27-9-13-29(14-10-27)42(4)5/h7-16,21,25H,6,17-20,22-23H2,1-5H3. The molecule has 1 aliphatic heterocycles. The number of aromatic nitrogens is 1. The molecule has 2 heterocycles. The Bertz CT molecular complexity index is 1770. The minimum atomic E-state index is -4.41. The van der Waals surface area contributed by atoms with Gasteiger partial charge in [-0.3, -0.25) is 9.69 Å². The van der Waals surface area contributed by atoms with E-state index < -0.39 is 23.8 Å². The highest BCUT2D eigenvalue weighted by Crippen LogP contribution is 2.37. The number of rotatable bonds is 12. The van der Waals surface area contributed by atoms with Crippen molar-refractivity contribution in [2.24, 2.45) is 0 Å². The Labute approximate surface area is 299 Å². The van der Waals surface area contributed by atoms with Crippen molar-refractivity contribution in [2.45, 2.75) is 50.2 Å². The van der Waals surface area contributed by atoms with Crippen LogP contribution in [0, 0.1) is 6.92 Å². The summed E-state index contributed by atoms with van der Waals surface area (Å²) in [7, 11) is 3.92. The van der Waals surface area contributed by atoms with Crippen LogP contribution in [0.3, 0.4) is 0 Å². The SMILES string of the molecule is CCOC(=O)C(C)Oc1ccc(SCc2sc(-c3ccc(C(F)(F)F)cc3)nc2CN2CCN(C(=O)c3ccc(N(C)C)cc3)CC2)cc1C. The lowest BCUT2D eigenvalue weighted by molar-refractivity contribution is -0.150. The monoisotopic (exact) mass is 726 g/mol. The molecule has 13 heteroatoms. The molecule has 1 saturated heterocycles. The number of aryl methyl sites for hydroxylation is 1. The molecule has 1 aliphatic rings. The first-order valence-corrected chi connectivity index (χ1v) is 18.1. The fraction of sp³-hybridized carbons (Fsp3) is 0.378. The number of nitrogens with zero attached hydrogens (tertiary/aromatic N) is 4. The number of hydrogen-bond acceptors (Lipinski definition) is 9. The number of alkyl halides is 3. The second-order valence-corrected chi connectivity index (χ2v) is 14.3. The number of thioether (sulfide) groups is 1. The zero-order valence-corrected chi connectivity index (χ0v) is 30.4. The van der Waals surface area contributed by atoms with Gasteiger partial charge < -0.3 is 19.3 Å². The molecule has 1 unspecified atom stereocenters. The quantitative estimate of drug-likeness (QED) is 0.108. The number of esters is 1. The number of thiazole rings is 1. The van der Waals surface area contributed by atoms with Crippen LogP contribution in [-0.2, 0) is 28.0 Å². The molecular formula is C37H41F3N4O4S2. The van der Waals surface area contributed by atoms with E-state index in [1.54, 1.807) is 25.6 Å². The van der Waals surface area contributed by atoms with Gasteiger partial charge in [0, 0.05) is 79.2 Å². The molecule has 8 nitrogen and oxygen atoms in total. The van der Waals surface area contributed by atoms with E-state index in [9.17, 15) is 22.8 Å². The third-order valence-corrected chi connectivity index (χ3v) is 10.7. The van der Waals surface area contributed by atoms with E-state index >= 15 is 0 Å². The molecule has 0 saturated carbocycles. The zero-order valence-electron chi connectivity index (χ0n) is 28.8. The topological polar surface area (TPSA) is 75.2 Å². The minimum absolute atomic E-state index is 0.00681. The summed E-state index contributed by atoms with van der Waals surface area (Å²) in [5.41, 5.74) is 3.37. The maximum Gasteiger partial charge on any atom is 0.416 e. The average Bonchev–Trinajstić information content (AvgIpc) is 3.50. The molecular weight excluding hydrogens is 686 g/mol. The smallest absolute Gasteiger partial charge is 0.416 e. The van der Waals surface area contributed by atoms with Crippen LogP contribution < -0.4 is 9.64 Å². The molecule has 4 aromatic rings. The zero-order chi connectivity index (χ0) is 36.0. The Balaban J connectivity index is 1.28. The molecule has 50 heavy (non-hydrogen) atoms. The third-order valence-electron chi connectivity index (χ3n) is 8.34. The average molecular weight is 727 g/mol. The van der Waals surface area contributed by atoms with Crippen LogP contribution in [0.2, 0.25) is 0 Å². The number of amides is 1. The van der Waals surface area contributed by atoms with Crippen molar-refractivity contribution in [1.29, 1.82) is 0 Å². The second-order valence-electron chi connectivity index (χ2n) is 12.2. The van der Waals surface area contributed by atoms with Gasteiger partial charge in [-0.2, -0.15) is 13.2 Å². The van der Waals surface area contributed by atoms with Gasteiger partial charge in [-0.15, -0.1) is 23.1 Å². The van der Waals surface area contributed by atoms with E-state index in [-0.39, 0.29) is 12.5 Å². The van der Waals surface area contributed by atoms with Gasteiger partial charge in [-0.05, 0) is 80.9 Å². The fourth-order valence-corrected chi connectivity index (χ4v) is 7.61. The second kappa shape index (κ2) is 16.3. The van der Waals surface area contributed by atoms with Crippen LogP contribution in [0.4, 0.5) is 18.9 Å². The van der Waals surface area contributed by atoms with Gasteiger partial charge in [-0.1, -0.05) is 12.1 Å². The Morgan fingerprint density at radius 3 is 2.28 bits per heavy atom. The first-order chi connectivity index (χ1) is 23.8. The van der Waals surface area contributed by atoms with Crippen molar-refractivity contribution >= 4 is 40.7 Å². The lowest BCUT2D eigenvalue weighted by atomic mass is 10.1. The predicted molar refractivity (Wildman–Crippen MR) is 192 cm³/mol. The maximum absolute atomic E-state index is 13.2. The van der Waals surface area contributed by atoms with Gasteiger partial charge in [0.2, 0.25) is 0 Å². The third kappa shape index (κ3) is 9.37. The van der Waals surface area contributed by atoms with Gasteiger partial charge in [0.15, 0.2) is 6.10 Å². The lowest BCUT2D eigenvalue weighted by Crippen LogP contribution is -2.48. The fourth-order valence-electron chi connectivity index (χ4n) is 5.44. The molecule has 0 spiro atoms. The van der Waals surface area contributed by atoms with Gasteiger partial charge in [0.1, 0.15) is 10.8 Å². The summed E-state index contributed by atoms with van der Waals surface area (Å²) in [5, 5.41) is 0.659. The number of benzene rings is 3. The van der Waals surface area contributed by atoms with Gasteiger partial charge in [0.25, 0.3) is 5.91 Å². The molecule has 1 fully saturated rings. The Morgan fingerprint density at radius 2 is 1.68 bits per heavy atom. The number of hydrogen-bond donors (Lipinski definition) is 0. The van der Waals surface area contributed by atoms with Crippen molar-refractivity contribution < 1.29 is 32.2 Å². The molecule has 5 rings (SSSR count). The maximum atomic E-state index is 13.2. The molecule has 1 aromatic heterocycles. The molecule has 0 radical (unpaired) electrons. The Kier molecular flexibility index (Phi) is 12.1. The summed E-state index contributed by atoms with van der Waals surface area (Å²) in [6.45, 7) is 8.67. The van der Waals surface area contributed by atoms with E-state index in [1.165, 1.54) is 23.5 Å². The Morgan fingerprint density at radius 1 is 1.00 bits per heavy atom. The normalized spacial score (nSPS) is 14.4. The van der Waals surface area contributed by atoms with Crippen molar-refractivity contribution in [1.82, 2.24) is 14.8 Å². The van der Waals surface area contributed by atoms with Crippen molar-refractivity contribution in [2.75, 3.05) is 51.8 Å². The van der Waals surface area contributed by atoms with Crippen molar-refractivity contribution in [3.05, 3.63) is 94.0 Å². The molecule has 0 aliphatic carbocycles. The van der Waals surface area contributed by atoms with E-state index in [0.717, 1.165) is 38.9 Å². The Hall–Kier alpha value is -4.07. The molecule has 0 bridgehead atoms. The van der Waals surface area contributed by atoms with Gasteiger partial charge >= 0.3 is 12.1 Å². The summed E-state index contributed by atoms with van der Waals surface area (Å²) in [6.07, 6.45) is -5.14. The number of carbonyl (C=O) groups is 2. The van der Waals surface area contributed by atoms with E-state index in [1.807, 2.05) is 73.3 Å². The van der Waals surface area contributed by atoms with Crippen LogP contribution in [-0.4, -0.2) is 79.6 Å². The number of piperazine rings is 1. The highest BCUT2D eigenvalue weighted by Gasteiger charge is 2.30. The minimum Gasteiger partial charge on any atom is -0.479 e. The molecule has 1 atom stereocenters. The highest BCUT2D eigenvalue weighted by atomic mass is 32.2. The van der Waals surface area contributed by atoms with E-state index in [4.69, 9.17) is 14.5 Å². The summed E-state index contributed by atoms with van der Waals surface area (Å²) in [4.78, 5) is 38.3. The summed E-state index contributed by atoms with van der Waals surface area (Å²) < 4.78 is 50.6. The van der Waals surface area contributed by atoms with Gasteiger partial charge in [-0.25, -0.2) is 9.78 Å². The first-order valence-electron chi connectivity index (χ1n) is 16.3. The molecule has 0 N–H and O–H groups in total. The predicted octanol–water partition coefficient (Wildman–Crippen LogP) is 7.78. The highest BCUT2D eigenvalue weighted by molar-refractivity contribution is 7.98. The van der Waals surface area contributed by atoms with Crippen molar-refractivity contribution in [3.8, 4) is 16.3 Å². The van der Waals surface area contributed by atoms with Crippen LogP contribution in [0.1, 0.15) is 45.9 Å². The number of anilines is 1. The first kappa shape index (κ1) is 37.2. The lowest BCUT2D eigenvalue weighted by Gasteiger charge is -2.34. The van der Waals surface area contributed by atoms with Gasteiger partial charge in [0.05, 0.1) is 17.9 Å². The largest absolute Gasteiger partial charge is 0.479 e. The van der Waals surface area contributed by atoms with E-state index in [2.05, 4.69) is 4.90 Å². The molecule has 1 amide bonds. The van der Waals surface area contributed by atoms with Crippen LogP contribution in [0.5, 0.6) is 5.75 Å². The number of carbonyl (C=O) groups excluding carboxylic acids is 2. The number of halogens is 3. The van der Waals surface area contributed by atoms with Crippen LogP contribution in [0.15, 0.2) is 71.6 Å². The summed E-state index contributed by atoms with van der Waals surface area (Å²) in [6, 6.07) is 18.5. The summed E-state index contributed by atoms with van der Waals surface area (Å²) in [5.74, 6) is 0.789. The number of ether oxygens (including phenoxy) is 2. The summed E-state index contributed by atoms with van der Waals surface area (Å²) >= 11 is 3.10. The van der Waals surface area contributed by atoms with Crippen LogP contribution >= 0.6 is 23.1 Å².